The van der Waals surface area contributed by atoms with Crippen molar-refractivity contribution in [2.75, 3.05) is 0 Å². The second-order valence-electron chi connectivity index (χ2n) is 6.28. The summed E-state index contributed by atoms with van der Waals surface area (Å²) in [7, 11) is 0. The summed E-state index contributed by atoms with van der Waals surface area (Å²) in [5, 5.41) is 10.7. The molecule has 0 bridgehead atoms. The lowest BCUT2D eigenvalue weighted by Crippen LogP contribution is -2.44. The molecule has 1 heteroatoms. The molecule has 2 fully saturated rings. The highest BCUT2D eigenvalue weighted by Gasteiger charge is 2.44. The quantitative estimate of drug-likeness (QED) is 0.680. The van der Waals surface area contributed by atoms with Crippen molar-refractivity contribution in [3.05, 3.63) is 0 Å². The van der Waals surface area contributed by atoms with Crippen LogP contribution in [0.2, 0.25) is 0 Å². The summed E-state index contributed by atoms with van der Waals surface area (Å²) in [6, 6.07) is 0. The maximum atomic E-state index is 10.7. The Hall–Kier alpha value is -0.0400. The van der Waals surface area contributed by atoms with Crippen molar-refractivity contribution in [1.29, 1.82) is 0 Å². The van der Waals surface area contributed by atoms with E-state index in [-0.39, 0.29) is 5.60 Å². The van der Waals surface area contributed by atoms with E-state index in [4.69, 9.17) is 0 Å². The van der Waals surface area contributed by atoms with Gasteiger partial charge in [-0.2, -0.15) is 0 Å². The van der Waals surface area contributed by atoms with Crippen molar-refractivity contribution < 1.29 is 5.11 Å². The summed E-state index contributed by atoms with van der Waals surface area (Å²) >= 11 is 0. The summed E-state index contributed by atoms with van der Waals surface area (Å²) < 4.78 is 0. The van der Waals surface area contributed by atoms with Crippen molar-refractivity contribution in [2.24, 2.45) is 11.3 Å². The summed E-state index contributed by atoms with van der Waals surface area (Å²) in [6.45, 7) is 4.62. The molecule has 0 saturated heterocycles. The first-order chi connectivity index (χ1) is 6.52. The molecule has 0 aliphatic heterocycles. The average molecular weight is 196 g/mol. The highest BCUT2D eigenvalue weighted by molar-refractivity contribution is 4.96. The van der Waals surface area contributed by atoms with Gasteiger partial charge in [-0.1, -0.05) is 33.1 Å². The first kappa shape index (κ1) is 10.5. The molecular formula is C13H24O. The van der Waals surface area contributed by atoms with Crippen LogP contribution in [0.1, 0.15) is 65.2 Å². The molecule has 2 saturated carbocycles. The SMILES string of the molecule is CC1(C)CCCC(O)(C2CCCC2)C1. The van der Waals surface area contributed by atoms with E-state index >= 15 is 0 Å². The minimum atomic E-state index is -0.307. The van der Waals surface area contributed by atoms with E-state index in [0.717, 1.165) is 12.8 Å². The first-order valence-corrected chi connectivity index (χ1v) is 6.24. The van der Waals surface area contributed by atoms with Gasteiger partial charge in [0.1, 0.15) is 0 Å². The third-order valence-corrected chi connectivity index (χ3v) is 4.36. The largest absolute Gasteiger partial charge is 0.390 e. The molecule has 1 N–H and O–H groups in total. The normalized spacial score (nSPS) is 38.8. The molecular weight excluding hydrogens is 172 g/mol. The average Bonchev–Trinajstić information content (AvgIpc) is 2.52. The monoisotopic (exact) mass is 196 g/mol. The Bertz CT molecular complexity index is 203. The van der Waals surface area contributed by atoms with Gasteiger partial charge in [0.05, 0.1) is 5.60 Å². The van der Waals surface area contributed by atoms with Crippen molar-refractivity contribution >= 4 is 0 Å². The van der Waals surface area contributed by atoms with Gasteiger partial charge in [-0.25, -0.2) is 0 Å². The number of rotatable bonds is 1. The molecule has 0 aromatic rings. The zero-order valence-corrected chi connectivity index (χ0v) is 9.68. The Kier molecular flexibility index (Phi) is 2.63. The van der Waals surface area contributed by atoms with Crippen molar-refractivity contribution in [3.63, 3.8) is 0 Å². The fourth-order valence-electron chi connectivity index (χ4n) is 3.69. The zero-order valence-electron chi connectivity index (χ0n) is 9.68. The third-order valence-electron chi connectivity index (χ3n) is 4.36. The van der Waals surface area contributed by atoms with E-state index in [9.17, 15) is 5.11 Å². The Morgan fingerprint density at radius 3 is 2.21 bits per heavy atom. The highest BCUT2D eigenvalue weighted by atomic mass is 16.3. The fourth-order valence-corrected chi connectivity index (χ4v) is 3.69. The molecule has 0 aromatic carbocycles. The summed E-state index contributed by atoms with van der Waals surface area (Å²) in [5.41, 5.74) is 0.0633. The van der Waals surface area contributed by atoms with Crippen molar-refractivity contribution in [1.82, 2.24) is 0 Å². The second-order valence-corrected chi connectivity index (χ2v) is 6.28. The Morgan fingerprint density at radius 2 is 1.64 bits per heavy atom. The minimum Gasteiger partial charge on any atom is -0.390 e. The van der Waals surface area contributed by atoms with Crippen LogP contribution in [-0.2, 0) is 0 Å². The molecule has 0 aromatic heterocycles. The molecule has 2 aliphatic rings. The van der Waals surface area contributed by atoms with E-state index in [1.165, 1.54) is 38.5 Å². The van der Waals surface area contributed by atoms with E-state index in [1.807, 2.05) is 0 Å². The first-order valence-electron chi connectivity index (χ1n) is 6.24. The van der Waals surface area contributed by atoms with Gasteiger partial charge in [-0.3, -0.25) is 0 Å². The number of hydrogen-bond donors (Lipinski definition) is 1. The predicted octanol–water partition coefficient (Wildman–Crippen LogP) is 3.51. The molecule has 1 nitrogen and oxygen atoms in total. The standard InChI is InChI=1S/C13H24O/c1-12(2)8-5-9-13(14,10-12)11-6-3-4-7-11/h11,14H,3-10H2,1-2H3. The topological polar surface area (TPSA) is 20.2 Å². The molecule has 0 spiro atoms. The van der Waals surface area contributed by atoms with Crippen LogP contribution in [0.5, 0.6) is 0 Å². The predicted molar refractivity (Wildman–Crippen MR) is 59.2 cm³/mol. The third kappa shape index (κ3) is 1.98. The van der Waals surface area contributed by atoms with Gasteiger partial charge in [0.15, 0.2) is 0 Å². The fraction of sp³-hybridized carbons (Fsp3) is 1.00. The van der Waals surface area contributed by atoms with Crippen molar-refractivity contribution in [2.45, 2.75) is 70.8 Å². The molecule has 2 rings (SSSR count). The second kappa shape index (κ2) is 3.52. The molecule has 82 valence electrons. The maximum Gasteiger partial charge on any atom is 0.0680 e. The summed E-state index contributed by atoms with van der Waals surface area (Å²) in [5.74, 6) is 0.613. The van der Waals surface area contributed by atoms with Gasteiger partial charge in [0, 0.05) is 0 Å². The van der Waals surface area contributed by atoms with Crippen LogP contribution in [0.4, 0.5) is 0 Å². The van der Waals surface area contributed by atoms with Crippen LogP contribution in [0.25, 0.3) is 0 Å². The lowest BCUT2D eigenvalue weighted by atomic mass is 9.65. The van der Waals surface area contributed by atoms with E-state index < -0.39 is 0 Å². The van der Waals surface area contributed by atoms with Crippen LogP contribution < -0.4 is 0 Å². The summed E-state index contributed by atoms with van der Waals surface area (Å²) in [6.07, 6.45) is 9.83. The number of aliphatic hydroxyl groups is 1. The van der Waals surface area contributed by atoms with E-state index in [0.29, 0.717) is 11.3 Å². The minimum absolute atomic E-state index is 0.307. The zero-order chi connectivity index (χ0) is 10.2. The molecule has 1 atom stereocenters. The van der Waals surface area contributed by atoms with Gasteiger partial charge < -0.3 is 5.11 Å². The molecule has 14 heavy (non-hydrogen) atoms. The molecule has 0 amide bonds. The van der Waals surface area contributed by atoms with Gasteiger partial charge in [0.2, 0.25) is 0 Å². The van der Waals surface area contributed by atoms with Crippen LogP contribution in [0, 0.1) is 11.3 Å². The molecule has 0 radical (unpaired) electrons. The number of hydrogen-bond acceptors (Lipinski definition) is 1. The maximum absolute atomic E-state index is 10.7. The Morgan fingerprint density at radius 1 is 1.00 bits per heavy atom. The highest BCUT2D eigenvalue weighted by Crippen LogP contribution is 2.48. The smallest absolute Gasteiger partial charge is 0.0680 e. The van der Waals surface area contributed by atoms with Gasteiger partial charge in [0.25, 0.3) is 0 Å². The van der Waals surface area contributed by atoms with Crippen LogP contribution >= 0.6 is 0 Å². The van der Waals surface area contributed by atoms with Crippen LogP contribution in [0.15, 0.2) is 0 Å². The molecule has 1 unspecified atom stereocenters. The van der Waals surface area contributed by atoms with Gasteiger partial charge >= 0.3 is 0 Å². The summed E-state index contributed by atoms with van der Waals surface area (Å²) in [4.78, 5) is 0. The van der Waals surface area contributed by atoms with Crippen molar-refractivity contribution in [3.8, 4) is 0 Å². The molecule has 2 aliphatic carbocycles. The van der Waals surface area contributed by atoms with Gasteiger partial charge in [-0.15, -0.1) is 0 Å². The Balaban J connectivity index is 2.06. The molecule has 0 heterocycles. The lowest BCUT2D eigenvalue weighted by Gasteiger charge is -2.45. The van der Waals surface area contributed by atoms with Crippen LogP contribution in [-0.4, -0.2) is 10.7 Å². The Labute approximate surface area is 87.9 Å². The van der Waals surface area contributed by atoms with Gasteiger partial charge in [-0.05, 0) is 43.4 Å². The van der Waals surface area contributed by atoms with E-state index in [2.05, 4.69) is 13.8 Å². The van der Waals surface area contributed by atoms with Crippen LogP contribution in [0.3, 0.4) is 0 Å². The van der Waals surface area contributed by atoms with E-state index in [1.54, 1.807) is 0 Å². The lowest BCUT2D eigenvalue weighted by molar-refractivity contribution is -0.0813.